The van der Waals surface area contributed by atoms with E-state index in [9.17, 15) is 0 Å². The normalized spacial score (nSPS) is 10.2. The van der Waals surface area contributed by atoms with Crippen LogP contribution in [0.3, 0.4) is 0 Å². The summed E-state index contributed by atoms with van der Waals surface area (Å²) < 4.78 is 11.8. The lowest BCUT2D eigenvalue weighted by Gasteiger charge is -2.10. The average molecular weight is 337 g/mol. The zero-order chi connectivity index (χ0) is 14.4. The Labute approximate surface area is 127 Å². The highest BCUT2D eigenvalue weighted by molar-refractivity contribution is 9.10. The predicted molar refractivity (Wildman–Crippen MR) is 83.4 cm³/mol. The summed E-state index contributed by atoms with van der Waals surface area (Å²) in [6.07, 6.45) is 1.78. The van der Waals surface area contributed by atoms with E-state index in [0.29, 0.717) is 6.61 Å². The van der Waals surface area contributed by atoms with Crippen molar-refractivity contribution in [1.82, 2.24) is 4.98 Å². The first-order valence-corrected chi connectivity index (χ1v) is 7.17. The molecule has 1 N–H and O–H groups in total. The summed E-state index contributed by atoms with van der Waals surface area (Å²) in [5.74, 6) is 2.44. The Morgan fingerprint density at radius 3 is 2.80 bits per heavy atom. The van der Waals surface area contributed by atoms with Gasteiger partial charge in [0.1, 0.15) is 23.9 Å². The number of pyridine rings is 1. The third-order valence-corrected chi connectivity index (χ3v) is 3.34. The van der Waals surface area contributed by atoms with E-state index in [0.717, 1.165) is 33.9 Å². The monoisotopic (exact) mass is 336 g/mol. The van der Waals surface area contributed by atoms with Crippen molar-refractivity contribution < 1.29 is 9.47 Å². The van der Waals surface area contributed by atoms with Gasteiger partial charge in [0.2, 0.25) is 0 Å². The first kappa shape index (κ1) is 14.7. The highest BCUT2D eigenvalue weighted by atomic mass is 79.9. The minimum atomic E-state index is 0.492. The van der Waals surface area contributed by atoms with Gasteiger partial charge in [-0.2, -0.15) is 0 Å². The highest BCUT2D eigenvalue weighted by Gasteiger charge is 2.04. The number of halogens is 1. The third kappa shape index (κ3) is 3.87. The molecule has 0 amide bonds. The van der Waals surface area contributed by atoms with E-state index >= 15 is 0 Å². The molecular weight excluding hydrogens is 320 g/mol. The zero-order valence-corrected chi connectivity index (χ0v) is 13.1. The lowest BCUT2D eigenvalue weighted by Crippen LogP contribution is -2.01. The molecule has 0 saturated carbocycles. The first-order chi connectivity index (χ1) is 9.72. The quantitative estimate of drug-likeness (QED) is 0.869. The molecule has 1 heterocycles. The summed E-state index contributed by atoms with van der Waals surface area (Å²) in [6, 6.07) is 9.57. The van der Waals surface area contributed by atoms with Crippen molar-refractivity contribution in [3.05, 3.63) is 46.6 Å². The molecule has 1 aromatic heterocycles. The summed E-state index contributed by atoms with van der Waals surface area (Å²) >= 11 is 3.47. The summed E-state index contributed by atoms with van der Waals surface area (Å²) in [4.78, 5) is 4.23. The van der Waals surface area contributed by atoms with Crippen molar-refractivity contribution in [3.63, 3.8) is 0 Å². The minimum absolute atomic E-state index is 0.492. The van der Waals surface area contributed by atoms with Gasteiger partial charge >= 0.3 is 0 Å². The summed E-state index contributed by atoms with van der Waals surface area (Å²) in [6.45, 7) is 3.38. The second kappa shape index (κ2) is 7.14. The molecule has 106 valence electrons. The number of hydrogen-bond donors (Lipinski definition) is 1. The van der Waals surface area contributed by atoms with Crippen LogP contribution in [0.1, 0.15) is 12.5 Å². The molecule has 2 rings (SSSR count). The Hall–Kier alpha value is -1.75. The Bertz CT molecular complexity index is 576. The van der Waals surface area contributed by atoms with Gasteiger partial charge in [-0.05, 0) is 58.7 Å². The minimum Gasteiger partial charge on any atom is -0.497 e. The Morgan fingerprint density at radius 2 is 2.10 bits per heavy atom. The van der Waals surface area contributed by atoms with E-state index in [4.69, 9.17) is 9.47 Å². The molecule has 1 aromatic carbocycles. The third-order valence-electron chi connectivity index (χ3n) is 2.72. The number of nitrogens with one attached hydrogen (secondary N) is 1. The molecule has 0 unspecified atom stereocenters. The van der Waals surface area contributed by atoms with Crippen molar-refractivity contribution in [1.29, 1.82) is 0 Å². The van der Waals surface area contributed by atoms with Crippen LogP contribution in [0.4, 0.5) is 5.82 Å². The zero-order valence-electron chi connectivity index (χ0n) is 11.5. The Balaban J connectivity index is 2.03. The van der Waals surface area contributed by atoms with Gasteiger partial charge in [0.15, 0.2) is 0 Å². The molecule has 0 aliphatic carbocycles. The van der Waals surface area contributed by atoms with E-state index in [2.05, 4.69) is 26.2 Å². The van der Waals surface area contributed by atoms with Crippen molar-refractivity contribution in [3.8, 4) is 11.5 Å². The first-order valence-electron chi connectivity index (χ1n) is 6.38. The number of ether oxygens (including phenoxy) is 2. The van der Waals surface area contributed by atoms with Gasteiger partial charge in [-0.25, -0.2) is 4.98 Å². The van der Waals surface area contributed by atoms with E-state index in [1.807, 2.05) is 37.3 Å². The van der Waals surface area contributed by atoms with E-state index in [1.165, 1.54) is 0 Å². The highest BCUT2D eigenvalue weighted by Crippen LogP contribution is 2.29. The molecular formula is C15H17BrN2O2. The van der Waals surface area contributed by atoms with Crippen LogP contribution in [0.25, 0.3) is 0 Å². The SMILES string of the molecule is CCNc1cc(COc2ccc(OC)cc2Br)ccn1. The molecule has 0 saturated heterocycles. The maximum Gasteiger partial charge on any atom is 0.134 e. The lowest BCUT2D eigenvalue weighted by molar-refractivity contribution is 0.303. The molecule has 0 spiro atoms. The van der Waals surface area contributed by atoms with E-state index in [1.54, 1.807) is 13.3 Å². The molecule has 4 nitrogen and oxygen atoms in total. The lowest BCUT2D eigenvalue weighted by atomic mass is 10.2. The van der Waals surface area contributed by atoms with Crippen LogP contribution >= 0.6 is 15.9 Å². The van der Waals surface area contributed by atoms with Gasteiger partial charge in [-0.1, -0.05) is 0 Å². The molecule has 0 fully saturated rings. The smallest absolute Gasteiger partial charge is 0.134 e. The fourth-order valence-corrected chi connectivity index (χ4v) is 2.20. The molecule has 0 atom stereocenters. The van der Waals surface area contributed by atoms with Gasteiger partial charge in [-0.3, -0.25) is 0 Å². The van der Waals surface area contributed by atoms with Gasteiger partial charge in [0.25, 0.3) is 0 Å². The van der Waals surface area contributed by atoms with E-state index < -0.39 is 0 Å². The summed E-state index contributed by atoms with van der Waals surface area (Å²) in [7, 11) is 1.64. The standard InChI is InChI=1S/C15H17BrN2O2/c1-3-17-15-8-11(6-7-18-15)10-20-14-5-4-12(19-2)9-13(14)16/h4-9H,3,10H2,1-2H3,(H,17,18). The second-order valence-corrected chi connectivity index (χ2v) is 5.02. The molecule has 0 aliphatic heterocycles. The number of anilines is 1. The average Bonchev–Trinajstić information content (AvgIpc) is 2.46. The van der Waals surface area contributed by atoms with Crippen molar-refractivity contribution in [2.75, 3.05) is 19.0 Å². The number of rotatable bonds is 6. The molecule has 2 aromatic rings. The molecule has 20 heavy (non-hydrogen) atoms. The fraction of sp³-hybridized carbons (Fsp3) is 0.267. The largest absolute Gasteiger partial charge is 0.497 e. The van der Waals surface area contributed by atoms with Crippen LogP contribution in [0.15, 0.2) is 41.0 Å². The van der Waals surface area contributed by atoms with Gasteiger partial charge in [0.05, 0.1) is 11.6 Å². The molecule has 0 aliphatic rings. The Morgan fingerprint density at radius 1 is 1.25 bits per heavy atom. The van der Waals surface area contributed by atoms with E-state index in [-0.39, 0.29) is 0 Å². The van der Waals surface area contributed by atoms with Crippen LogP contribution in [-0.2, 0) is 6.61 Å². The summed E-state index contributed by atoms with van der Waals surface area (Å²) in [5, 5.41) is 3.18. The van der Waals surface area contributed by atoms with Gasteiger partial charge in [-0.15, -0.1) is 0 Å². The number of benzene rings is 1. The fourth-order valence-electron chi connectivity index (χ4n) is 1.73. The van der Waals surface area contributed by atoms with Crippen LogP contribution in [0.2, 0.25) is 0 Å². The number of methoxy groups -OCH3 is 1. The maximum atomic E-state index is 5.80. The predicted octanol–water partition coefficient (Wildman–Crippen LogP) is 3.86. The number of hydrogen-bond acceptors (Lipinski definition) is 4. The number of aromatic nitrogens is 1. The topological polar surface area (TPSA) is 43.4 Å². The summed E-state index contributed by atoms with van der Waals surface area (Å²) in [5.41, 5.74) is 1.07. The van der Waals surface area contributed by atoms with Crippen LogP contribution in [0, 0.1) is 0 Å². The van der Waals surface area contributed by atoms with Crippen LogP contribution < -0.4 is 14.8 Å². The van der Waals surface area contributed by atoms with Gasteiger partial charge in [0, 0.05) is 12.7 Å². The van der Waals surface area contributed by atoms with Crippen molar-refractivity contribution >= 4 is 21.7 Å². The second-order valence-electron chi connectivity index (χ2n) is 4.16. The Kier molecular flexibility index (Phi) is 5.24. The van der Waals surface area contributed by atoms with Gasteiger partial charge < -0.3 is 14.8 Å². The molecule has 5 heteroatoms. The molecule has 0 radical (unpaired) electrons. The van der Waals surface area contributed by atoms with Crippen LogP contribution in [0.5, 0.6) is 11.5 Å². The maximum absolute atomic E-state index is 5.80. The molecule has 0 bridgehead atoms. The van der Waals surface area contributed by atoms with Crippen LogP contribution in [-0.4, -0.2) is 18.6 Å². The van der Waals surface area contributed by atoms with Crippen molar-refractivity contribution in [2.24, 2.45) is 0 Å². The number of nitrogens with zero attached hydrogens (tertiary/aromatic N) is 1. The van der Waals surface area contributed by atoms with Crippen molar-refractivity contribution in [2.45, 2.75) is 13.5 Å².